The Morgan fingerprint density at radius 1 is 1.03 bits per heavy atom. The molecule has 0 saturated heterocycles. The molecule has 0 radical (unpaired) electrons. The SMILES string of the molecule is Cc1nn(-c2ccc(F)cc2)c(-n2cccc2)c1C(=O)Nc1cccc(Cl)c1C. The third-order valence-corrected chi connectivity index (χ3v) is 5.11. The lowest BCUT2D eigenvalue weighted by Gasteiger charge is -2.13. The molecule has 2 aromatic carbocycles. The minimum atomic E-state index is -0.338. The fraction of sp³-hybridized carbons (Fsp3) is 0.0909. The Hall–Kier alpha value is -3.38. The first kappa shape index (κ1) is 19.0. The Labute approximate surface area is 172 Å². The van der Waals surface area contributed by atoms with E-state index in [4.69, 9.17) is 11.6 Å². The van der Waals surface area contributed by atoms with Crippen LogP contribution in [0.4, 0.5) is 10.1 Å². The molecule has 5 nitrogen and oxygen atoms in total. The molecule has 0 saturated carbocycles. The van der Waals surface area contributed by atoms with E-state index < -0.39 is 0 Å². The van der Waals surface area contributed by atoms with Crippen molar-refractivity contribution in [2.75, 3.05) is 5.32 Å². The van der Waals surface area contributed by atoms with Crippen LogP contribution in [0.5, 0.6) is 0 Å². The van der Waals surface area contributed by atoms with Gasteiger partial charge in [-0.2, -0.15) is 5.10 Å². The Morgan fingerprint density at radius 2 is 1.72 bits per heavy atom. The summed E-state index contributed by atoms with van der Waals surface area (Å²) in [5.41, 5.74) is 3.04. The van der Waals surface area contributed by atoms with Crippen LogP contribution >= 0.6 is 11.6 Å². The lowest BCUT2D eigenvalue weighted by atomic mass is 10.1. The van der Waals surface area contributed by atoms with Gasteiger partial charge in [-0.15, -0.1) is 0 Å². The van der Waals surface area contributed by atoms with E-state index in [1.165, 1.54) is 12.1 Å². The maximum absolute atomic E-state index is 13.4. The summed E-state index contributed by atoms with van der Waals surface area (Å²) in [4.78, 5) is 13.2. The van der Waals surface area contributed by atoms with Gasteiger partial charge in [0, 0.05) is 23.1 Å². The number of carbonyl (C=O) groups is 1. The number of benzene rings is 2. The smallest absolute Gasteiger partial charge is 0.261 e. The summed E-state index contributed by atoms with van der Waals surface area (Å²) < 4.78 is 16.8. The summed E-state index contributed by atoms with van der Waals surface area (Å²) in [7, 11) is 0. The quantitative estimate of drug-likeness (QED) is 0.496. The molecular weight excluding hydrogens is 391 g/mol. The number of nitrogens with zero attached hydrogens (tertiary/aromatic N) is 3. The van der Waals surface area contributed by atoms with Crippen molar-refractivity contribution in [2.24, 2.45) is 0 Å². The topological polar surface area (TPSA) is 51.9 Å². The number of nitrogens with one attached hydrogen (secondary N) is 1. The zero-order valence-corrected chi connectivity index (χ0v) is 16.6. The second-order valence-corrected chi connectivity index (χ2v) is 7.04. The highest BCUT2D eigenvalue weighted by Gasteiger charge is 2.24. The number of aryl methyl sites for hydroxylation is 1. The largest absolute Gasteiger partial charge is 0.322 e. The molecule has 0 aliphatic rings. The van der Waals surface area contributed by atoms with Crippen molar-refractivity contribution in [3.8, 4) is 11.5 Å². The second-order valence-electron chi connectivity index (χ2n) is 6.63. The Kier molecular flexibility index (Phi) is 4.94. The fourth-order valence-electron chi connectivity index (χ4n) is 3.19. The van der Waals surface area contributed by atoms with Crippen LogP contribution in [-0.4, -0.2) is 20.3 Å². The zero-order valence-electron chi connectivity index (χ0n) is 15.9. The first-order valence-corrected chi connectivity index (χ1v) is 9.39. The molecule has 2 aromatic heterocycles. The molecule has 7 heteroatoms. The van der Waals surface area contributed by atoms with E-state index in [9.17, 15) is 9.18 Å². The molecule has 146 valence electrons. The molecule has 0 spiro atoms. The monoisotopic (exact) mass is 408 g/mol. The number of aromatic nitrogens is 3. The molecule has 4 aromatic rings. The summed E-state index contributed by atoms with van der Waals surface area (Å²) in [6.45, 7) is 3.62. The van der Waals surface area contributed by atoms with E-state index in [-0.39, 0.29) is 11.7 Å². The average molecular weight is 409 g/mol. The predicted molar refractivity (Wildman–Crippen MR) is 112 cm³/mol. The highest BCUT2D eigenvalue weighted by atomic mass is 35.5. The molecule has 0 aliphatic carbocycles. The minimum absolute atomic E-state index is 0.301. The van der Waals surface area contributed by atoms with Crippen molar-refractivity contribution in [3.05, 3.63) is 94.7 Å². The van der Waals surface area contributed by atoms with E-state index in [1.807, 2.05) is 36.0 Å². The molecule has 0 unspecified atom stereocenters. The van der Waals surface area contributed by atoms with E-state index in [0.717, 1.165) is 5.56 Å². The van der Waals surface area contributed by atoms with Crippen LogP contribution in [0, 0.1) is 19.7 Å². The van der Waals surface area contributed by atoms with E-state index in [0.29, 0.717) is 33.5 Å². The van der Waals surface area contributed by atoms with Crippen molar-refractivity contribution in [3.63, 3.8) is 0 Å². The van der Waals surface area contributed by atoms with Crippen molar-refractivity contribution in [1.29, 1.82) is 0 Å². The van der Waals surface area contributed by atoms with Crippen LogP contribution < -0.4 is 5.32 Å². The predicted octanol–water partition coefficient (Wildman–Crippen LogP) is 5.32. The van der Waals surface area contributed by atoms with Crippen molar-refractivity contribution in [2.45, 2.75) is 13.8 Å². The molecule has 4 rings (SSSR count). The molecule has 29 heavy (non-hydrogen) atoms. The van der Waals surface area contributed by atoms with E-state index in [1.54, 1.807) is 41.9 Å². The number of carbonyl (C=O) groups excluding carboxylic acids is 1. The summed E-state index contributed by atoms with van der Waals surface area (Å²) >= 11 is 6.18. The van der Waals surface area contributed by atoms with Crippen molar-refractivity contribution >= 4 is 23.2 Å². The van der Waals surface area contributed by atoms with Crippen LogP contribution in [0.15, 0.2) is 67.0 Å². The van der Waals surface area contributed by atoms with Gasteiger partial charge < -0.3 is 9.88 Å². The molecule has 0 aliphatic heterocycles. The molecular formula is C22H18ClFN4O. The summed E-state index contributed by atoms with van der Waals surface area (Å²) in [5, 5.41) is 8.07. The highest BCUT2D eigenvalue weighted by molar-refractivity contribution is 6.31. The molecule has 0 bridgehead atoms. The lowest BCUT2D eigenvalue weighted by Crippen LogP contribution is -2.16. The zero-order chi connectivity index (χ0) is 20.5. The third kappa shape index (κ3) is 3.54. The summed E-state index contributed by atoms with van der Waals surface area (Å²) in [6, 6.07) is 15.0. The first-order valence-electron chi connectivity index (χ1n) is 9.01. The van der Waals surface area contributed by atoms with Crippen LogP contribution in [0.3, 0.4) is 0 Å². The number of rotatable bonds is 4. The summed E-state index contributed by atoms with van der Waals surface area (Å²) in [6.07, 6.45) is 3.66. The van der Waals surface area contributed by atoms with Gasteiger partial charge in [0.1, 0.15) is 11.4 Å². The van der Waals surface area contributed by atoms with Gasteiger partial charge in [0.2, 0.25) is 0 Å². The average Bonchev–Trinajstić information content (AvgIpc) is 3.33. The Morgan fingerprint density at radius 3 is 2.41 bits per heavy atom. The number of hydrogen-bond donors (Lipinski definition) is 1. The highest BCUT2D eigenvalue weighted by Crippen LogP contribution is 2.27. The fourth-order valence-corrected chi connectivity index (χ4v) is 3.36. The maximum atomic E-state index is 13.4. The van der Waals surface area contributed by atoms with Gasteiger partial charge >= 0.3 is 0 Å². The normalized spacial score (nSPS) is 10.9. The molecule has 1 amide bonds. The number of anilines is 1. The molecule has 1 N–H and O–H groups in total. The van der Waals surface area contributed by atoms with Gasteiger partial charge in [-0.1, -0.05) is 17.7 Å². The van der Waals surface area contributed by atoms with Crippen LogP contribution in [-0.2, 0) is 0 Å². The Bertz CT molecular complexity index is 1180. The Balaban J connectivity index is 1.84. The molecule has 0 fully saturated rings. The van der Waals surface area contributed by atoms with Gasteiger partial charge in [0.15, 0.2) is 5.82 Å². The standard InChI is InChI=1S/C22H18ClFN4O/c1-14-18(23)6-5-7-19(14)25-21(29)20-15(2)26-28(17-10-8-16(24)9-11-17)22(20)27-12-3-4-13-27/h3-13H,1-2H3,(H,25,29). The second kappa shape index (κ2) is 7.56. The van der Waals surface area contributed by atoms with E-state index in [2.05, 4.69) is 10.4 Å². The van der Waals surface area contributed by atoms with Crippen LogP contribution in [0.2, 0.25) is 5.02 Å². The number of amides is 1. The van der Waals surface area contributed by atoms with Gasteiger partial charge in [0.05, 0.1) is 11.4 Å². The van der Waals surface area contributed by atoms with Crippen LogP contribution in [0.1, 0.15) is 21.6 Å². The van der Waals surface area contributed by atoms with Crippen molar-refractivity contribution in [1.82, 2.24) is 14.3 Å². The van der Waals surface area contributed by atoms with Gasteiger partial charge in [-0.3, -0.25) is 4.79 Å². The molecule has 0 atom stereocenters. The first-order chi connectivity index (χ1) is 14.0. The minimum Gasteiger partial charge on any atom is -0.322 e. The van der Waals surface area contributed by atoms with Crippen molar-refractivity contribution < 1.29 is 9.18 Å². The number of halogens is 2. The number of hydrogen-bond acceptors (Lipinski definition) is 2. The van der Waals surface area contributed by atoms with E-state index >= 15 is 0 Å². The molecule has 2 heterocycles. The van der Waals surface area contributed by atoms with Gasteiger partial charge in [0.25, 0.3) is 5.91 Å². The summed E-state index contributed by atoms with van der Waals surface area (Å²) in [5.74, 6) is -0.0734. The third-order valence-electron chi connectivity index (χ3n) is 4.70. The van der Waals surface area contributed by atoms with Gasteiger partial charge in [-0.25, -0.2) is 9.07 Å². The lowest BCUT2D eigenvalue weighted by molar-refractivity contribution is 0.102. The van der Waals surface area contributed by atoms with Crippen LogP contribution in [0.25, 0.3) is 11.5 Å². The maximum Gasteiger partial charge on any atom is 0.261 e. The van der Waals surface area contributed by atoms with Gasteiger partial charge in [-0.05, 0) is 67.9 Å².